The average molecular weight is 400 g/mol. The van der Waals surface area contributed by atoms with Gasteiger partial charge in [-0.3, -0.25) is 9.80 Å². The van der Waals surface area contributed by atoms with Crippen LogP contribution in [0.1, 0.15) is 16.7 Å². The molecule has 1 fully saturated rings. The number of aliphatic carboxylic acids is 2. The van der Waals surface area contributed by atoms with E-state index in [1.807, 2.05) is 12.1 Å². The Balaban J connectivity index is 0.000000438. The number of benzene rings is 2. The minimum Gasteiger partial charge on any atom is -0.497 e. The van der Waals surface area contributed by atoms with Gasteiger partial charge in [0.2, 0.25) is 0 Å². The van der Waals surface area contributed by atoms with Crippen molar-refractivity contribution in [3.63, 3.8) is 0 Å². The summed E-state index contributed by atoms with van der Waals surface area (Å²) in [6, 6.07) is 17.1. The molecular formula is C22H28N2O5. The van der Waals surface area contributed by atoms with Gasteiger partial charge in [-0.25, -0.2) is 9.59 Å². The van der Waals surface area contributed by atoms with Crippen LogP contribution in [0.25, 0.3) is 0 Å². The number of carboxylic acids is 2. The highest BCUT2D eigenvalue weighted by Crippen LogP contribution is 2.16. The number of carboxylic acid groups (broad SMARTS) is 2. The molecule has 0 aliphatic carbocycles. The molecule has 156 valence electrons. The first kappa shape index (κ1) is 22.4. The highest BCUT2D eigenvalue weighted by Gasteiger charge is 2.17. The van der Waals surface area contributed by atoms with Crippen molar-refractivity contribution in [1.82, 2.24) is 9.80 Å². The third kappa shape index (κ3) is 7.56. The molecule has 2 aromatic carbocycles. The van der Waals surface area contributed by atoms with Crippen molar-refractivity contribution in [3.05, 3.63) is 65.2 Å². The highest BCUT2D eigenvalue weighted by atomic mass is 16.5. The van der Waals surface area contributed by atoms with Crippen LogP contribution in [-0.4, -0.2) is 65.2 Å². The van der Waals surface area contributed by atoms with Gasteiger partial charge < -0.3 is 14.9 Å². The Labute approximate surface area is 171 Å². The summed E-state index contributed by atoms with van der Waals surface area (Å²) in [6.07, 6.45) is 0. The third-order valence-corrected chi connectivity index (χ3v) is 4.87. The van der Waals surface area contributed by atoms with Crippen LogP contribution in [0.5, 0.6) is 5.75 Å². The second-order valence-electron chi connectivity index (χ2n) is 6.94. The fourth-order valence-electron chi connectivity index (χ4n) is 3.12. The molecule has 1 aliphatic rings. The number of piperazine rings is 1. The van der Waals surface area contributed by atoms with E-state index in [-0.39, 0.29) is 0 Å². The van der Waals surface area contributed by atoms with Crippen LogP contribution in [-0.2, 0) is 22.7 Å². The molecule has 1 aliphatic heterocycles. The SMILES string of the molecule is COc1ccc(CN2CCN(Cc3ccccc3C)CC2)cc1.O=C(O)C(=O)O. The molecule has 2 N–H and O–H groups in total. The van der Waals surface area contributed by atoms with Crippen molar-refractivity contribution in [2.75, 3.05) is 33.3 Å². The zero-order chi connectivity index (χ0) is 21.2. The molecule has 1 saturated heterocycles. The van der Waals surface area contributed by atoms with E-state index < -0.39 is 11.9 Å². The van der Waals surface area contributed by atoms with Gasteiger partial charge >= 0.3 is 11.9 Å². The van der Waals surface area contributed by atoms with Gasteiger partial charge in [0.25, 0.3) is 0 Å². The molecule has 0 spiro atoms. The Hall–Kier alpha value is -2.90. The predicted octanol–water partition coefficient (Wildman–Crippen LogP) is 2.48. The zero-order valence-electron chi connectivity index (χ0n) is 16.9. The normalized spacial score (nSPS) is 14.6. The van der Waals surface area contributed by atoms with Crippen LogP contribution in [0.4, 0.5) is 0 Å². The topological polar surface area (TPSA) is 90.3 Å². The number of hydrogen-bond donors (Lipinski definition) is 2. The van der Waals surface area contributed by atoms with Gasteiger partial charge in [-0.15, -0.1) is 0 Å². The minimum atomic E-state index is -1.82. The molecule has 0 bridgehead atoms. The lowest BCUT2D eigenvalue weighted by Crippen LogP contribution is -2.45. The summed E-state index contributed by atoms with van der Waals surface area (Å²) in [5, 5.41) is 14.8. The van der Waals surface area contributed by atoms with Gasteiger partial charge in [0, 0.05) is 39.3 Å². The van der Waals surface area contributed by atoms with Crippen LogP contribution < -0.4 is 4.74 Å². The van der Waals surface area contributed by atoms with E-state index in [0.717, 1.165) is 45.0 Å². The van der Waals surface area contributed by atoms with Gasteiger partial charge in [-0.05, 0) is 35.7 Å². The predicted molar refractivity (Wildman–Crippen MR) is 110 cm³/mol. The molecule has 0 unspecified atom stereocenters. The number of nitrogens with zero attached hydrogens (tertiary/aromatic N) is 2. The first-order valence-corrected chi connectivity index (χ1v) is 9.47. The lowest BCUT2D eigenvalue weighted by molar-refractivity contribution is -0.159. The van der Waals surface area contributed by atoms with Gasteiger partial charge in [0.1, 0.15) is 5.75 Å². The summed E-state index contributed by atoms with van der Waals surface area (Å²) in [6.45, 7) is 8.87. The Morgan fingerprint density at radius 1 is 0.862 bits per heavy atom. The van der Waals surface area contributed by atoms with Crippen molar-refractivity contribution in [2.24, 2.45) is 0 Å². The monoisotopic (exact) mass is 400 g/mol. The van der Waals surface area contributed by atoms with Gasteiger partial charge in [-0.1, -0.05) is 36.4 Å². The number of carbonyl (C=O) groups is 2. The fourth-order valence-corrected chi connectivity index (χ4v) is 3.12. The number of rotatable bonds is 5. The van der Waals surface area contributed by atoms with Gasteiger partial charge in [0.05, 0.1) is 7.11 Å². The summed E-state index contributed by atoms with van der Waals surface area (Å²) in [7, 11) is 1.71. The smallest absolute Gasteiger partial charge is 0.414 e. The molecule has 0 aromatic heterocycles. The molecule has 2 aromatic rings. The molecule has 29 heavy (non-hydrogen) atoms. The molecule has 7 nitrogen and oxygen atoms in total. The lowest BCUT2D eigenvalue weighted by Gasteiger charge is -2.35. The second-order valence-corrected chi connectivity index (χ2v) is 6.94. The van der Waals surface area contributed by atoms with E-state index in [0.29, 0.717) is 0 Å². The summed E-state index contributed by atoms with van der Waals surface area (Å²) in [5.74, 6) is -2.72. The van der Waals surface area contributed by atoms with Crippen LogP contribution in [0.3, 0.4) is 0 Å². The maximum Gasteiger partial charge on any atom is 0.414 e. The van der Waals surface area contributed by atoms with E-state index >= 15 is 0 Å². The maximum absolute atomic E-state index is 9.10. The Morgan fingerprint density at radius 3 is 1.86 bits per heavy atom. The summed E-state index contributed by atoms with van der Waals surface area (Å²) >= 11 is 0. The number of ether oxygens (including phenoxy) is 1. The van der Waals surface area contributed by atoms with Crippen molar-refractivity contribution in [1.29, 1.82) is 0 Å². The lowest BCUT2D eigenvalue weighted by atomic mass is 10.1. The average Bonchev–Trinajstić information content (AvgIpc) is 2.72. The molecule has 0 amide bonds. The molecular weight excluding hydrogens is 372 g/mol. The maximum atomic E-state index is 9.10. The fraction of sp³-hybridized carbons (Fsp3) is 0.364. The van der Waals surface area contributed by atoms with Crippen molar-refractivity contribution >= 4 is 11.9 Å². The Kier molecular flexibility index (Phi) is 8.64. The quantitative estimate of drug-likeness (QED) is 0.745. The van der Waals surface area contributed by atoms with Crippen LogP contribution >= 0.6 is 0 Å². The molecule has 0 saturated carbocycles. The molecule has 0 radical (unpaired) electrons. The van der Waals surface area contributed by atoms with Crippen LogP contribution in [0.2, 0.25) is 0 Å². The van der Waals surface area contributed by atoms with E-state index in [9.17, 15) is 0 Å². The highest BCUT2D eigenvalue weighted by molar-refractivity contribution is 6.27. The third-order valence-electron chi connectivity index (χ3n) is 4.87. The summed E-state index contributed by atoms with van der Waals surface area (Å²) < 4.78 is 5.22. The van der Waals surface area contributed by atoms with E-state index in [4.69, 9.17) is 24.5 Å². The summed E-state index contributed by atoms with van der Waals surface area (Å²) in [5.41, 5.74) is 4.21. The van der Waals surface area contributed by atoms with Crippen molar-refractivity contribution in [3.8, 4) is 5.75 Å². The first-order chi connectivity index (χ1) is 13.9. The summed E-state index contributed by atoms with van der Waals surface area (Å²) in [4.78, 5) is 23.3. The molecule has 7 heteroatoms. The van der Waals surface area contributed by atoms with Crippen molar-refractivity contribution < 1.29 is 24.5 Å². The van der Waals surface area contributed by atoms with Gasteiger partial charge in [0.15, 0.2) is 0 Å². The first-order valence-electron chi connectivity index (χ1n) is 9.47. The standard InChI is InChI=1S/C20H26N2O.C2H2O4/c1-17-5-3-4-6-19(17)16-22-13-11-21(12-14-22)15-18-7-9-20(23-2)10-8-18;3-1(4)2(5)6/h3-10H,11-16H2,1-2H3;(H,3,4)(H,5,6). The van der Waals surface area contributed by atoms with Crippen LogP contribution in [0, 0.1) is 6.92 Å². The van der Waals surface area contributed by atoms with Gasteiger partial charge in [-0.2, -0.15) is 0 Å². The second kappa shape index (κ2) is 11.2. The number of methoxy groups -OCH3 is 1. The molecule has 3 rings (SSSR count). The van der Waals surface area contributed by atoms with Crippen LogP contribution in [0.15, 0.2) is 48.5 Å². The van der Waals surface area contributed by atoms with E-state index in [1.54, 1.807) is 7.11 Å². The zero-order valence-corrected chi connectivity index (χ0v) is 16.9. The molecule has 0 atom stereocenters. The Morgan fingerprint density at radius 2 is 1.38 bits per heavy atom. The van der Waals surface area contributed by atoms with Crippen molar-refractivity contribution in [2.45, 2.75) is 20.0 Å². The number of hydrogen-bond acceptors (Lipinski definition) is 5. The number of aryl methyl sites for hydroxylation is 1. The largest absolute Gasteiger partial charge is 0.497 e. The van der Waals surface area contributed by atoms with E-state index in [2.05, 4.69) is 53.1 Å². The van der Waals surface area contributed by atoms with E-state index in [1.165, 1.54) is 16.7 Å². The molecule has 1 heterocycles. The Bertz CT molecular complexity index is 787. The minimum absolute atomic E-state index is 0.928.